The normalized spacial score (nSPS) is 12.5. The number of nitrogens with zero attached hydrogens (tertiary/aromatic N) is 2. The van der Waals surface area contributed by atoms with Gasteiger partial charge in [-0.2, -0.15) is 5.10 Å². The first-order valence-corrected chi connectivity index (χ1v) is 9.78. The second-order valence-electron chi connectivity index (χ2n) is 7.16. The third-order valence-corrected chi connectivity index (χ3v) is 5.44. The van der Waals surface area contributed by atoms with Gasteiger partial charge < -0.3 is 14.8 Å². The first-order valence-electron chi connectivity index (χ1n) is 9.78. The van der Waals surface area contributed by atoms with E-state index in [4.69, 9.17) is 14.6 Å². The smallest absolute Gasteiger partial charge is 0.251 e. The SMILES string of the molecule is COc1cc(C(=O)NCc2nn(-c3ccccc3)c3c2CCC3)cc(OC)c1C. The van der Waals surface area contributed by atoms with Crippen molar-refractivity contribution in [1.29, 1.82) is 0 Å². The molecule has 0 atom stereocenters. The highest BCUT2D eigenvalue weighted by molar-refractivity contribution is 5.95. The zero-order chi connectivity index (χ0) is 20.4. The lowest BCUT2D eigenvalue weighted by atomic mass is 10.1. The molecule has 0 unspecified atom stereocenters. The van der Waals surface area contributed by atoms with E-state index in [1.54, 1.807) is 26.4 Å². The maximum atomic E-state index is 12.8. The molecular formula is C23H25N3O3. The molecule has 2 aromatic carbocycles. The Morgan fingerprint density at radius 3 is 2.45 bits per heavy atom. The summed E-state index contributed by atoms with van der Waals surface area (Å²) in [5.74, 6) is 1.08. The molecule has 150 valence electrons. The molecule has 4 rings (SSSR count). The number of nitrogens with one attached hydrogen (secondary N) is 1. The summed E-state index contributed by atoms with van der Waals surface area (Å²) in [4.78, 5) is 12.8. The Morgan fingerprint density at radius 2 is 1.79 bits per heavy atom. The van der Waals surface area contributed by atoms with Crippen molar-refractivity contribution in [1.82, 2.24) is 15.1 Å². The molecule has 0 saturated heterocycles. The van der Waals surface area contributed by atoms with E-state index in [9.17, 15) is 4.79 Å². The molecule has 3 aromatic rings. The summed E-state index contributed by atoms with van der Waals surface area (Å²) in [7, 11) is 3.17. The molecular weight excluding hydrogens is 366 g/mol. The summed E-state index contributed by atoms with van der Waals surface area (Å²) >= 11 is 0. The molecule has 1 N–H and O–H groups in total. The van der Waals surface area contributed by atoms with Gasteiger partial charge >= 0.3 is 0 Å². The summed E-state index contributed by atoms with van der Waals surface area (Å²) < 4.78 is 12.8. The van der Waals surface area contributed by atoms with Crippen LogP contribution in [-0.2, 0) is 19.4 Å². The number of fused-ring (bicyclic) bond motifs is 1. The average Bonchev–Trinajstić information content (AvgIpc) is 3.36. The summed E-state index contributed by atoms with van der Waals surface area (Å²) in [6.45, 7) is 2.29. The molecule has 0 fully saturated rings. The number of aromatic nitrogens is 2. The van der Waals surface area contributed by atoms with Crippen LogP contribution in [0.15, 0.2) is 42.5 Å². The number of carbonyl (C=O) groups is 1. The Kier molecular flexibility index (Phi) is 5.25. The van der Waals surface area contributed by atoms with E-state index >= 15 is 0 Å². The maximum absolute atomic E-state index is 12.8. The van der Waals surface area contributed by atoms with Crippen LogP contribution in [-0.4, -0.2) is 29.9 Å². The average molecular weight is 391 g/mol. The largest absolute Gasteiger partial charge is 0.496 e. The van der Waals surface area contributed by atoms with Crippen molar-refractivity contribution < 1.29 is 14.3 Å². The fourth-order valence-electron chi connectivity index (χ4n) is 3.92. The Bertz CT molecular complexity index is 1020. The number of hydrogen-bond donors (Lipinski definition) is 1. The Balaban J connectivity index is 1.57. The van der Waals surface area contributed by atoms with E-state index in [2.05, 4.69) is 17.4 Å². The molecule has 1 aromatic heterocycles. The van der Waals surface area contributed by atoms with Gasteiger partial charge in [0.15, 0.2) is 0 Å². The van der Waals surface area contributed by atoms with Gasteiger partial charge in [-0.05, 0) is 56.0 Å². The van der Waals surface area contributed by atoms with Crippen LogP contribution in [0, 0.1) is 6.92 Å². The minimum atomic E-state index is -0.178. The topological polar surface area (TPSA) is 65.4 Å². The fraction of sp³-hybridized carbons (Fsp3) is 0.304. The van der Waals surface area contributed by atoms with Gasteiger partial charge in [-0.1, -0.05) is 18.2 Å². The number of ether oxygens (including phenoxy) is 2. The summed E-state index contributed by atoms with van der Waals surface area (Å²) in [5.41, 5.74) is 5.86. The van der Waals surface area contributed by atoms with Crippen LogP contribution in [0.3, 0.4) is 0 Å². The number of methoxy groups -OCH3 is 2. The van der Waals surface area contributed by atoms with Crippen molar-refractivity contribution in [2.24, 2.45) is 0 Å². The lowest BCUT2D eigenvalue weighted by Crippen LogP contribution is -2.24. The van der Waals surface area contributed by atoms with Crippen LogP contribution >= 0.6 is 0 Å². The van der Waals surface area contributed by atoms with Crippen LogP contribution < -0.4 is 14.8 Å². The molecule has 6 heteroatoms. The molecule has 0 spiro atoms. The van der Waals surface area contributed by atoms with Crippen molar-refractivity contribution >= 4 is 5.91 Å². The molecule has 1 amide bonds. The first-order chi connectivity index (χ1) is 14.1. The van der Waals surface area contributed by atoms with Crippen LogP contribution in [0.25, 0.3) is 5.69 Å². The lowest BCUT2D eigenvalue weighted by molar-refractivity contribution is 0.0949. The number of hydrogen-bond acceptors (Lipinski definition) is 4. The predicted molar refractivity (Wildman–Crippen MR) is 111 cm³/mol. The number of benzene rings is 2. The second kappa shape index (κ2) is 7.99. The van der Waals surface area contributed by atoms with Crippen molar-refractivity contribution in [2.45, 2.75) is 32.7 Å². The summed E-state index contributed by atoms with van der Waals surface area (Å²) in [6.07, 6.45) is 3.13. The number of para-hydroxylation sites is 1. The minimum Gasteiger partial charge on any atom is -0.496 e. The van der Waals surface area contributed by atoms with Crippen LogP contribution in [0.1, 0.15) is 39.3 Å². The molecule has 1 aliphatic rings. The predicted octanol–water partition coefficient (Wildman–Crippen LogP) is 3.62. The highest BCUT2D eigenvalue weighted by Gasteiger charge is 2.23. The molecule has 0 saturated carbocycles. The van der Waals surface area contributed by atoms with Crippen molar-refractivity contribution in [3.05, 3.63) is 70.5 Å². The van der Waals surface area contributed by atoms with E-state index < -0.39 is 0 Å². The van der Waals surface area contributed by atoms with E-state index in [1.165, 1.54) is 11.3 Å². The van der Waals surface area contributed by atoms with Gasteiger partial charge in [-0.3, -0.25) is 4.79 Å². The van der Waals surface area contributed by atoms with Gasteiger partial charge in [0.05, 0.1) is 32.1 Å². The van der Waals surface area contributed by atoms with E-state index in [-0.39, 0.29) is 5.91 Å². The molecule has 0 aliphatic heterocycles. The van der Waals surface area contributed by atoms with Gasteiger partial charge in [0, 0.05) is 16.8 Å². The Morgan fingerprint density at radius 1 is 1.10 bits per heavy atom. The van der Waals surface area contributed by atoms with Gasteiger partial charge in [0.25, 0.3) is 5.91 Å². The number of amides is 1. The fourth-order valence-corrected chi connectivity index (χ4v) is 3.92. The number of rotatable bonds is 6. The molecule has 0 bridgehead atoms. The molecule has 29 heavy (non-hydrogen) atoms. The molecule has 1 aliphatic carbocycles. The summed E-state index contributed by atoms with van der Waals surface area (Å²) in [6, 6.07) is 13.6. The van der Waals surface area contributed by atoms with Crippen LogP contribution in [0.2, 0.25) is 0 Å². The van der Waals surface area contributed by atoms with E-state index in [0.717, 1.165) is 36.2 Å². The molecule has 0 radical (unpaired) electrons. The van der Waals surface area contributed by atoms with Gasteiger partial charge in [-0.15, -0.1) is 0 Å². The molecule has 1 heterocycles. The lowest BCUT2D eigenvalue weighted by Gasteiger charge is -2.12. The minimum absolute atomic E-state index is 0.178. The maximum Gasteiger partial charge on any atom is 0.251 e. The highest BCUT2D eigenvalue weighted by Crippen LogP contribution is 2.30. The van der Waals surface area contributed by atoms with Gasteiger partial charge in [0.2, 0.25) is 0 Å². The second-order valence-corrected chi connectivity index (χ2v) is 7.16. The van der Waals surface area contributed by atoms with Crippen molar-refractivity contribution in [3.63, 3.8) is 0 Å². The van der Waals surface area contributed by atoms with Crippen molar-refractivity contribution in [2.75, 3.05) is 14.2 Å². The third-order valence-electron chi connectivity index (χ3n) is 5.44. The zero-order valence-corrected chi connectivity index (χ0v) is 17.0. The third kappa shape index (κ3) is 3.58. The van der Waals surface area contributed by atoms with Crippen LogP contribution in [0.4, 0.5) is 0 Å². The Labute approximate surface area is 170 Å². The van der Waals surface area contributed by atoms with Crippen LogP contribution in [0.5, 0.6) is 11.5 Å². The van der Waals surface area contributed by atoms with Gasteiger partial charge in [0.1, 0.15) is 11.5 Å². The molecule has 6 nitrogen and oxygen atoms in total. The van der Waals surface area contributed by atoms with E-state index in [1.807, 2.05) is 29.8 Å². The zero-order valence-electron chi connectivity index (χ0n) is 17.0. The van der Waals surface area contributed by atoms with Crippen molar-refractivity contribution in [3.8, 4) is 17.2 Å². The van der Waals surface area contributed by atoms with Gasteiger partial charge in [-0.25, -0.2) is 4.68 Å². The standard InChI is InChI=1S/C23H25N3O3/c1-15-21(28-2)12-16(13-22(15)29-3)23(27)24-14-19-18-10-7-11-20(18)26(25-19)17-8-5-4-6-9-17/h4-6,8-9,12-13H,7,10-11,14H2,1-3H3,(H,24,27). The van der Waals surface area contributed by atoms with E-state index in [0.29, 0.717) is 23.6 Å². The Hall–Kier alpha value is -3.28. The summed E-state index contributed by atoms with van der Waals surface area (Å²) in [5, 5.41) is 7.81. The monoisotopic (exact) mass is 391 g/mol. The first kappa shape index (κ1) is 19.1. The highest BCUT2D eigenvalue weighted by atomic mass is 16.5. The quantitative estimate of drug-likeness (QED) is 0.697. The number of carbonyl (C=O) groups excluding carboxylic acids is 1.